The summed E-state index contributed by atoms with van der Waals surface area (Å²) in [6.45, 7) is 4.56. The molecule has 0 aliphatic carbocycles. The summed E-state index contributed by atoms with van der Waals surface area (Å²) in [7, 11) is 0. The van der Waals surface area contributed by atoms with E-state index in [9.17, 15) is 4.79 Å². The summed E-state index contributed by atoms with van der Waals surface area (Å²) in [5.74, 6) is 0.513. The van der Waals surface area contributed by atoms with Gasteiger partial charge in [-0.3, -0.25) is 4.79 Å². The number of nitrogens with one attached hydrogen (secondary N) is 1. The number of carbonyl (C=O) groups excluding carboxylic acids is 1. The van der Waals surface area contributed by atoms with Crippen molar-refractivity contribution >= 4 is 22.6 Å². The number of aryl methyl sites for hydroxylation is 3. The number of nitrogens with zero attached hydrogens (tertiary/aromatic N) is 4. The molecule has 0 bridgehead atoms. The highest BCUT2D eigenvalue weighted by atomic mass is 16.2. The highest BCUT2D eigenvalue weighted by molar-refractivity contribution is 5.91. The lowest BCUT2D eigenvalue weighted by Gasteiger charge is -2.10. The van der Waals surface area contributed by atoms with Crippen molar-refractivity contribution in [1.29, 1.82) is 5.26 Å². The van der Waals surface area contributed by atoms with Crippen molar-refractivity contribution in [3.05, 3.63) is 47.8 Å². The number of hydrogen-bond donors (Lipinski definition) is 1. The summed E-state index contributed by atoms with van der Waals surface area (Å²) in [5, 5.41) is 17.1. The Labute approximate surface area is 140 Å². The molecule has 1 amide bonds. The lowest BCUT2D eigenvalue weighted by atomic mass is 10.2. The summed E-state index contributed by atoms with van der Waals surface area (Å²) < 4.78 is 3.66. The largest absolute Gasteiger partial charge is 0.335 e. The zero-order chi connectivity index (χ0) is 17.1. The van der Waals surface area contributed by atoms with Crippen LogP contribution in [-0.2, 0) is 17.9 Å². The Kier molecular flexibility index (Phi) is 4.34. The maximum Gasteiger partial charge on any atom is 0.245 e. The molecule has 0 unspecified atom stereocenters. The molecule has 0 aliphatic rings. The molecule has 0 spiro atoms. The van der Waals surface area contributed by atoms with Crippen molar-refractivity contribution < 1.29 is 4.79 Å². The molecule has 1 N–H and O–H groups in total. The van der Waals surface area contributed by atoms with Crippen molar-refractivity contribution in [3.63, 3.8) is 0 Å². The Balaban J connectivity index is 1.78. The summed E-state index contributed by atoms with van der Waals surface area (Å²) in [6.07, 6.45) is 0.353. The second kappa shape index (κ2) is 6.59. The molecular formula is C18H19N5O. The summed E-state index contributed by atoms with van der Waals surface area (Å²) >= 11 is 0. The van der Waals surface area contributed by atoms with Gasteiger partial charge in [-0.25, -0.2) is 4.68 Å². The van der Waals surface area contributed by atoms with Crippen molar-refractivity contribution in [2.24, 2.45) is 0 Å². The molecule has 0 radical (unpaired) electrons. The SMILES string of the molecule is Cc1cc(NC(=O)Cn2c(C)cc3ccccc32)n(CCC#N)n1. The maximum absolute atomic E-state index is 12.5. The number of aromatic nitrogens is 3. The number of fused-ring (bicyclic) bond motifs is 1. The van der Waals surface area contributed by atoms with E-state index in [2.05, 4.69) is 22.6 Å². The van der Waals surface area contributed by atoms with Crippen LogP contribution in [0.3, 0.4) is 0 Å². The fourth-order valence-electron chi connectivity index (χ4n) is 2.86. The maximum atomic E-state index is 12.5. The van der Waals surface area contributed by atoms with E-state index < -0.39 is 0 Å². The fourth-order valence-corrected chi connectivity index (χ4v) is 2.86. The minimum Gasteiger partial charge on any atom is -0.335 e. The molecule has 0 aliphatic heterocycles. The van der Waals surface area contributed by atoms with E-state index in [1.165, 1.54) is 0 Å². The third kappa shape index (κ3) is 3.15. The number of nitriles is 1. The van der Waals surface area contributed by atoms with Crippen LogP contribution in [0, 0.1) is 25.2 Å². The highest BCUT2D eigenvalue weighted by Crippen LogP contribution is 2.19. The molecule has 0 fully saturated rings. The first kappa shape index (κ1) is 15.8. The van der Waals surface area contributed by atoms with Gasteiger partial charge in [0.05, 0.1) is 24.7 Å². The van der Waals surface area contributed by atoms with Crippen LogP contribution in [0.5, 0.6) is 0 Å². The van der Waals surface area contributed by atoms with Crippen molar-refractivity contribution in [2.45, 2.75) is 33.4 Å². The summed E-state index contributed by atoms with van der Waals surface area (Å²) in [4.78, 5) is 12.5. The van der Waals surface area contributed by atoms with Crippen molar-refractivity contribution in [1.82, 2.24) is 14.3 Å². The Morgan fingerprint density at radius 1 is 1.29 bits per heavy atom. The van der Waals surface area contributed by atoms with Crippen molar-refractivity contribution in [3.8, 4) is 6.07 Å². The number of carbonyl (C=O) groups is 1. The van der Waals surface area contributed by atoms with Gasteiger partial charge in [-0.2, -0.15) is 10.4 Å². The number of hydrogen-bond acceptors (Lipinski definition) is 3. The van der Waals surface area contributed by atoms with Gasteiger partial charge in [-0.1, -0.05) is 18.2 Å². The average molecular weight is 321 g/mol. The minimum atomic E-state index is -0.113. The summed E-state index contributed by atoms with van der Waals surface area (Å²) in [6, 6.07) is 14.0. The van der Waals surface area contributed by atoms with E-state index in [1.807, 2.05) is 48.7 Å². The van der Waals surface area contributed by atoms with Crippen LogP contribution >= 0.6 is 0 Å². The van der Waals surface area contributed by atoms with Gasteiger partial charge in [0.1, 0.15) is 12.4 Å². The van der Waals surface area contributed by atoms with Gasteiger partial charge in [0.15, 0.2) is 0 Å². The van der Waals surface area contributed by atoms with Crippen LogP contribution < -0.4 is 5.32 Å². The standard InChI is InChI=1S/C18H19N5O/c1-13-10-17(23(21-13)9-5-8-19)20-18(24)12-22-14(2)11-15-6-3-4-7-16(15)22/h3-4,6-7,10-11H,5,9,12H2,1-2H3,(H,20,24). The second-order valence-electron chi connectivity index (χ2n) is 5.78. The molecule has 0 saturated heterocycles. The molecule has 0 atom stereocenters. The van der Waals surface area contributed by atoms with Crippen molar-refractivity contribution in [2.75, 3.05) is 5.32 Å². The van der Waals surface area contributed by atoms with Crippen LogP contribution in [0.1, 0.15) is 17.8 Å². The van der Waals surface area contributed by atoms with Gasteiger partial charge in [0.2, 0.25) is 5.91 Å². The van der Waals surface area contributed by atoms with Gasteiger partial charge in [-0.15, -0.1) is 0 Å². The smallest absolute Gasteiger partial charge is 0.245 e. The first-order chi connectivity index (χ1) is 11.6. The normalized spacial score (nSPS) is 10.7. The number of rotatable bonds is 5. The third-order valence-electron chi connectivity index (χ3n) is 3.92. The predicted molar refractivity (Wildman–Crippen MR) is 92.5 cm³/mol. The number of benzene rings is 1. The zero-order valence-electron chi connectivity index (χ0n) is 13.8. The quantitative estimate of drug-likeness (QED) is 0.785. The first-order valence-electron chi connectivity index (χ1n) is 7.84. The Morgan fingerprint density at radius 3 is 2.88 bits per heavy atom. The van der Waals surface area contributed by atoms with E-state index in [-0.39, 0.29) is 12.5 Å². The zero-order valence-corrected chi connectivity index (χ0v) is 13.8. The highest BCUT2D eigenvalue weighted by Gasteiger charge is 2.12. The average Bonchev–Trinajstić information content (AvgIpc) is 3.05. The molecule has 122 valence electrons. The molecule has 3 rings (SSSR count). The van der Waals surface area contributed by atoms with Crippen LogP contribution in [0.15, 0.2) is 36.4 Å². The van der Waals surface area contributed by atoms with Gasteiger partial charge >= 0.3 is 0 Å². The lowest BCUT2D eigenvalue weighted by molar-refractivity contribution is -0.116. The first-order valence-corrected chi connectivity index (χ1v) is 7.84. The molecule has 6 heteroatoms. The monoisotopic (exact) mass is 321 g/mol. The van der Waals surface area contributed by atoms with E-state index in [1.54, 1.807) is 4.68 Å². The minimum absolute atomic E-state index is 0.113. The number of amides is 1. The number of anilines is 1. The van der Waals surface area contributed by atoms with E-state index in [0.717, 1.165) is 22.3 Å². The fraction of sp³-hybridized carbons (Fsp3) is 0.278. The molecular weight excluding hydrogens is 302 g/mol. The Hall–Kier alpha value is -3.07. The van der Waals surface area contributed by atoms with Gasteiger partial charge < -0.3 is 9.88 Å². The Bertz CT molecular complexity index is 929. The van der Waals surface area contributed by atoms with Gasteiger partial charge in [0.25, 0.3) is 0 Å². The number of para-hydroxylation sites is 1. The molecule has 1 aromatic carbocycles. The molecule has 6 nitrogen and oxygen atoms in total. The predicted octanol–water partition coefficient (Wildman–Crippen LogP) is 3.01. The Morgan fingerprint density at radius 2 is 2.08 bits per heavy atom. The van der Waals surface area contributed by atoms with Crippen LogP contribution in [0.2, 0.25) is 0 Å². The molecule has 24 heavy (non-hydrogen) atoms. The van der Waals surface area contributed by atoms with E-state index in [4.69, 9.17) is 5.26 Å². The molecule has 3 aromatic rings. The molecule has 0 saturated carbocycles. The van der Waals surface area contributed by atoms with Gasteiger partial charge in [-0.05, 0) is 31.4 Å². The summed E-state index contributed by atoms with van der Waals surface area (Å²) in [5.41, 5.74) is 2.89. The second-order valence-corrected chi connectivity index (χ2v) is 5.78. The van der Waals surface area contributed by atoms with Crippen LogP contribution in [0.4, 0.5) is 5.82 Å². The molecule has 2 aromatic heterocycles. The molecule has 2 heterocycles. The van der Waals surface area contributed by atoms with E-state index >= 15 is 0 Å². The van der Waals surface area contributed by atoms with Gasteiger partial charge in [0, 0.05) is 17.3 Å². The van der Waals surface area contributed by atoms with Crippen LogP contribution in [-0.4, -0.2) is 20.3 Å². The lowest BCUT2D eigenvalue weighted by Crippen LogP contribution is -2.21. The van der Waals surface area contributed by atoms with Crippen LogP contribution in [0.25, 0.3) is 10.9 Å². The van der Waals surface area contributed by atoms with E-state index in [0.29, 0.717) is 18.8 Å². The third-order valence-corrected chi connectivity index (χ3v) is 3.92. The topological polar surface area (TPSA) is 75.6 Å².